The SMILES string of the molecule is CCC(C(=O)Nc1cc(C)cc(C)c1)S(=O)(=O)CC(=O)Nc1ccccc1. The molecular formula is C20H24N2O4S. The Kier molecular flexibility index (Phi) is 6.74. The molecule has 0 aromatic heterocycles. The van der Waals surface area contributed by atoms with E-state index in [-0.39, 0.29) is 6.42 Å². The van der Waals surface area contributed by atoms with Crippen molar-refractivity contribution in [2.45, 2.75) is 32.4 Å². The predicted octanol–water partition coefficient (Wildman–Crippen LogP) is 3.07. The summed E-state index contributed by atoms with van der Waals surface area (Å²) in [7, 11) is -3.96. The van der Waals surface area contributed by atoms with Crippen LogP contribution in [0, 0.1) is 13.8 Å². The van der Waals surface area contributed by atoms with E-state index in [2.05, 4.69) is 10.6 Å². The Balaban J connectivity index is 2.09. The van der Waals surface area contributed by atoms with Crippen molar-refractivity contribution in [2.75, 3.05) is 16.4 Å². The fourth-order valence-electron chi connectivity index (χ4n) is 2.87. The summed E-state index contributed by atoms with van der Waals surface area (Å²) < 4.78 is 25.2. The van der Waals surface area contributed by atoms with Crippen molar-refractivity contribution in [1.29, 1.82) is 0 Å². The van der Waals surface area contributed by atoms with Gasteiger partial charge in [0.2, 0.25) is 11.8 Å². The first-order valence-electron chi connectivity index (χ1n) is 8.67. The highest BCUT2D eigenvalue weighted by atomic mass is 32.2. The maximum atomic E-state index is 12.6. The van der Waals surface area contributed by atoms with Gasteiger partial charge < -0.3 is 10.6 Å². The zero-order valence-electron chi connectivity index (χ0n) is 15.7. The topological polar surface area (TPSA) is 92.3 Å². The molecule has 144 valence electrons. The number of amides is 2. The summed E-state index contributed by atoms with van der Waals surface area (Å²) in [6.07, 6.45) is 0.0809. The molecule has 0 fully saturated rings. The van der Waals surface area contributed by atoms with Gasteiger partial charge in [0, 0.05) is 11.4 Å². The van der Waals surface area contributed by atoms with Crippen molar-refractivity contribution in [3.8, 4) is 0 Å². The van der Waals surface area contributed by atoms with Crippen LogP contribution in [-0.2, 0) is 19.4 Å². The van der Waals surface area contributed by atoms with Gasteiger partial charge in [0.25, 0.3) is 0 Å². The quantitative estimate of drug-likeness (QED) is 0.762. The van der Waals surface area contributed by atoms with Crippen LogP contribution in [0.25, 0.3) is 0 Å². The summed E-state index contributed by atoms with van der Waals surface area (Å²) in [6, 6.07) is 14.1. The number of sulfone groups is 1. The molecule has 0 aliphatic heterocycles. The van der Waals surface area contributed by atoms with Crippen LogP contribution in [0.1, 0.15) is 24.5 Å². The van der Waals surface area contributed by atoms with Gasteiger partial charge in [-0.2, -0.15) is 0 Å². The third kappa shape index (κ3) is 5.92. The zero-order chi connectivity index (χ0) is 20.0. The summed E-state index contributed by atoms with van der Waals surface area (Å²) >= 11 is 0. The van der Waals surface area contributed by atoms with Gasteiger partial charge in [-0.15, -0.1) is 0 Å². The normalized spacial score (nSPS) is 12.3. The largest absolute Gasteiger partial charge is 0.325 e. The number of carbonyl (C=O) groups excluding carboxylic acids is 2. The van der Waals surface area contributed by atoms with Crippen LogP contribution < -0.4 is 10.6 Å². The Morgan fingerprint density at radius 3 is 2.07 bits per heavy atom. The molecule has 2 amide bonds. The highest BCUT2D eigenvalue weighted by molar-refractivity contribution is 7.93. The number of aryl methyl sites for hydroxylation is 2. The van der Waals surface area contributed by atoms with Gasteiger partial charge >= 0.3 is 0 Å². The van der Waals surface area contributed by atoms with Crippen LogP contribution in [0.3, 0.4) is 0 Å². The number of anilines is 2. The van der Waals surface area contributed by atoms with E-state index < -0.39 is 32.7 Å². The molecule has 6 nitrogen and oxygen atoms in total. The molecule has 1 atom stereocenters. The Hall–Kier alpha value is -2.67. The standard InChI is InChI=1S/C20H24N2O4S/c1-4-18(20(24)22-17-11-14(2)10-15(3)12-17)27(25,26)13-19(23)21-16-8-6-5-7-9-16/h5-12,18H,4,13H2,1-3H3,(H,21,23)(H,22,24). The molecule has 27 heavy (non-hydrogen) atoms. The molecular weight excluding hydrogens is 364 g/mol. The molecule has 0 saturated heterocycles. The van der Waals surface area contributed by atoms with Gasteiger partial charge in [-0.25, -0.2) is 8.42 Å². The van der Waals surface area contributed by atoms with Crippen molar-refractivity contribution in [2.24, 2.45) is 0 Å². The fraction of sp³-hybridized carbons (Fsp3) is 0.300. The Bertz CT molecular complexity index is 904. The minimum Gasteiger partial charge on any atom is -0.325 e. The lowest BCUT2D eigenvalue weighted by Crippen LogP contribution is -2.39. The molecule has 0 radical (unpaired) electrons. The molecule has 2 aromatic carbocycles. The summed E-state index contributed by atoms with van der Waals surface area (Å²) in [5, 5.41) is 3.89. The number of benzene rings is 2. The summed E-state index contributed by atoms with van der Waals surface area (Å²) in [5.74, 6) is -2.05. The van der Waals surface area contributed by atoms with E-state index in [1.807, 2.05) is 19.9 Å². The Morgan fingerprint density at radius 2 is 1.52 bits per heavy atom. The van der Waals surface area contributed by atoms with Gasteiger partial charge in [0.1, 0.15) is 11.0 Å². The highest BCUT2D eigenvalue weighted by Gasteiger charge is 2.33. The van der Waals surface area contributed by atoms with Crippen molar-refractivity contribution in [3.63, 3.8) is 0 Å². The third-order valence-electron chi connectivity index (χ3n) is 3.98. The van der Waals surface area contributed by atoms with Crippen molar-refractivity contribution in [1.82, 2.24) is 0 Å². The maximum absolute atomic E-state index is 12.6. The smallest absolute Gasteiger partial charge is 0.242 e. The molecule has 0 aliphatic rings. The zero-order valence-corrected chi connectivity index (χ0v) is 16.5. The molecule has 2 rings (SSSR count). The molecule has 0 heterocycles. The van der Waals surface area contributed by atoms with E-state index in [1.54, 1.807) is 49.4 Å². The second-order valence-electron chi connectivity index (χ2n) is 6.48. The van der Waals surface area contributed by atoms with E-state index in [1.165, 1.54) is 0 Å². The first kappa shape index (κ1) is 20.6. The second-order valence-corrected chi connectivity index (χ2v) is 8.67. The number of nitrogens with one attached hydrogen (secondary N) is 2. The van der Waals surface area contributed by atoms with E-state index in [0.29, 0.717) is 11.4 Å². The highest BCUT2D eigenvalue weighted by Crippen LogP contribution is 2.17. The monoisotopic (exact) mass is 388 g/mol. The molecule has 7 heteroatoms. The lowest BCUT2D eigenvalue weighted by Gasteiger charge is -2.16. The Labute approximate surface area is 159 Å². The minimum atomic E-state index is -3.96. The average molecular weight is 388 g/mol. The lowest BCUT2D eigenvalue weighted by atomic mass is 10.1. The summed E-state index contributed by atoms with van der Waals surface area (Å²) in [6.45, 7) is 5.40. The first-order valence-corrected chi connectivity index (χ1v) is 10.4. The molecule has 0 bridgehead atoms. The van der Waals surface area contributed by atoms with E-state index >= 15 is 0 Å². The van der Waals surface area contributed by atoms with E-state index in [0.717, 1.165) is 11.1 Å². The van der Waals surface area contributed by atoms with Crippen LogP contribution >= 0.6 is 0 Å². The maximum Gasteiger partial charge on any atom is 0.242 e. The molecule has 2 N–H and O–H groups in total. The molecule has 0 saturated carbocycles. The first-order chi connectivity index (χ1) is 12.7. The van der Waals surface area contributed by atoms with Crippen LogP contribution in [0.15, 0.2) is 48.5 Å². The van der Waals surface area contributed by atoms with Gasteiger partial charge in [-0.3, -0.25) is 9.59 Å². The fourth-order valence-corrected chi connectivity index (χ4v) is 4.41. The van der Waals surface area contributed by atoms with Crippen LogP contribution in [0.4, 0.5) is 11.4 Å². The second kappa shape index (κ2) is 8.81. The summed E-state index contributed by atoms with van der Waals surface area (Å²) in [4.78, 5) is 24.6. The minimum absolute atomic E-state index is 0.0809. The van der Waals surface area contributed by atoms with Crippen molar-refractivity contribution >= 4 is 33.0 Å². The van der Waals surface area contributed by atoms with Gasteiger partial charge in [0.15, 0.2) is 9.84 Å². The van der Waals surface area contributed by atoms with Crippen LogP contribution in [0.5, 0.6) is 0 Å². The Morgan fingerprint density at radius 1 is 0.926 bits per heavy atom. The van der Waals surface area contributed by atoms with Crippen LogP contribution in [-0.4, -0.2) is 31.2 Å². The number of carbonyl (C=O) groups is 2. The van der Waals surface area contributed by atoms with E-state index in [4.69, 9.17) is 0 Å². The van der Waals surface area contributed by atoms with E-state index in [9.17, 15) is 18.0 Å². The summed E-state index contributed by atoms with van der Waals surface area (Å²) in [5.41, 5.74) is 2.97. The molecule has 0 aliphatic carbocycles. The van der Waals surface area contributed by atoms with Crippen LogP contribution in [0.2, 0.25) is 0 Å². The molecule has 1 unspecified atom stereocenters. The van der Waals surface area contributed by atoms with Crippen molar-refractivity contribution < 1.29 is 18.0 Å². The van der Waals surface area contributed by atoms with Gasteiger partial charge in [-0.05, 0) is 55.7 Å². The number of hydrogen-bond donors (Lipinski definition) is 2. The molecule has 0 spiro atoms. The number of rotatable bonds is 7. The average Bonchev–Trinajstić information content (AvgIpc) is 2.54. The number of para-hydroxylation sites is 1. The third-order valence-corrected chi connectivity index (χ3v) is 6.05. The molecule has 2 aromatic rings. The predicted molar refractivity (Wildman–Crippen MR) is 107 cm³/mol. The number of hydrogen-bond acceptors (Lipinski definition) is 4. The van der Waals surface area contributed by atoms with Gasteiger partial charge in [0.05, 0.1) is 0 Å². The lowest BCUT2D eigenvalue weighted by molar-refractivity contribution is -0.115. The van der Waals surface area contributed by atoms with Crippen molar-refractivity contribution in [3.05, 3.63) is 59.7 Å². The van der Waals surface area contributed by atoms with Gasteiger partial charge in [-0.1, -0.05) is 31.2 Å².